The van der Waals surface area contributed by atoms with Crippen molar-refractivity contribution in [2.45, 2.75) is 58.5 Å². The van der Waals surface area contributed by atoms with Crippen molar-refractivity contribution < 1.29 is 4.74 Å². The average molecular weight is 257 g/mol. The molecule has 1 aliphatic carbocycles. The standard InChI is InChI=1S/C17H23NO/c1-12(2)16-9-8-15(10-13(16)3)19-17-7-5-4-6-14(17)11-18/h8-10,12,14,17H,4-7H2,1-3H3. The monoisotopic (exact) mass is 257 g/mol. The van der Waals surface area contributed by atoms with Gasteiger partial charge in [0.25, 0.3) is 0 Å². The van der Waals surface area contributed by atoms with Gasteiger partial charge < -0.3 is 4.74 Å². The Morgan fingerprint density at radius 3 is 2.63 bits per heavy atom. The number of benzene rings is 1. The Morgan fingerprint density at radius 1 is 1.26 bits per heavy atom. The first-order valence-electron chi connectivity index (χ1n) is 7.28. The van der Waals surface area contributed by atoms with Crippen LogP contribution in [0.1, 0.15) is 56.6 Å². The summed E-state index contributed by atoms with van der Waals surface area (Å²) in [6, 6.07) is 8.70. The predicted octanol–water partition coefficient (Wildman–Crippen LogP) is 4.58. The molecule has 0 radical (unpaired) electrons. The van der Waals surface area contributed by atoms with E-state index in [0.717, 1.165) is 25.0 Å². The van der Waals surface area contributed by atoms with Crippen LogP contribution in [0.4, 0.5) is 0 Å². The molecule has 0 amide bonds. The normalized spacial score (nSPS) is 23.1. The summed E-state index contributed by atoms with van der Waals surface area (Å²) >= 11 is 0. The Labute approximate surface area is 116 Å². The van der Waals surface area contributed by atoms with E-state index in [1.165, 1.54) is 17.5 Å². The lowest BCUT2D eigenvalue weighted by atomic mass is 9.87. The van der Waals surface area contributed by atoms with Crippen LogP contribution in [0.3, 0.4) is 0 Å². The minimum absolute atomic E-state index is 0.0545. The van der Waals surface area contributed by atoms with E-state index in [2.05, 4.69) is 39.0 Å². The van der Waals surface area contributed by atoms with Crippen LogP contribution in [0, 0.1) is 24.2 Å². The predicted molar refractivity (Wildman–Crippen MR) is 77.3 cm³/mol. The Kier molecular flexibility index (Phi) is 4.47. The Balaban J connectivity index is 2.11. The van der Waals surface area contributed by atoms with Crippen molar-refractivity contribution in [3.8, 4) is 11.8 Å². The molecule has 1 aromatic rings. The van der Waals surface area contributed by atoms with E-state index in [0.29, 0.717) is 5.92 Å². The third kappa shape index (κ3) is 3.29. The zero-order valence-electron chi connectivity index (χ0n) is 12.1. The number of nitriles is 1. The minimum Gasteiger partial charge on any atom is -0.489 e. The first kappa shape index (κ1) is 13.9. The van der Waals surface area contributed by atoms with Crippen LogP contribution in [0.15, 0.2) is 18.2 Å². The first-order valence-corrected chi connectivity index (χ1v) is 7.28. The summed E-state index contributed by atoms with van der Waals surface area (Å²) in [5.74, 6) is 1.50. The van der Waals surface area contributed by atoms with E-state index in [4.69, 9.17) is 4.74 Å². The maximum absolute atomic E-state index is 9.18. The molecule has 19 heavy (non-hydrogen) atoms. The van der Waals surface area contributed by atoms with E-state index >= 15 is 0 Å². The van der Waals surface area contributed by atoms with E-state index < -0.39 is 0 Å². The van der Waals surface area contributed by atoms with Gasteiger partial charge in [0.05, 0.1) is 12.0 Å². The molecule has 2 heteroatoms. The molecule has 0 heterocycles. The summed E-state index contributed by atoms with van der Waals surface area (Å²) in [4.78, 5) is 0. The highest BCUT2D eigenvalue weighted by atomic mass is 16.5. The number of aryl methyl sites for hydroxylation is 1. The molecular formula is C17H23NO. The highest BCUT2D eigenvalue weighted by Crippen LogP contribution is 2.30. The quantitative estimate of drug-likeness (QED) is 0.794. The highest BCUT2D eigenvalue weighted by Gasteiger charge is 2.26. The largest absolute Gasteiger partial charge is 0.489 e. The molecular weight excluding hydrogens is 234 g/mol. The maximum Gasteiger partial charge on any atom is 0.120 e. The van der Waals surface area contributed by atoms with Crippen molar-refractivity contribution >= 4 is 0 Å². The molecule has 0 saturated heterocycles. The van der Waals surface area contributed by atoms with Gasteiger partial charge in [-0.05, 0) is 55.4 Å². The molecule has 2 unspecified atom stereocenters. The SMILES string of the molecule is Cc1cc(OC2CCCCC2C#N)ccc1C(C)C. The molecule has 0 aromatic heterocycles. The van der Waals surface area contributed by atoms with Crippen molar-refractivity contribution in [1.82, 2.24) is 0 Å². The number of rotatable bonds is 3. The summed E-state index contributed by atoms with van der Waals surface area (Å²) in [6.45, 7) is 6.54. The van der Waals surface area contributed by atoms with Gasteiger partial charge in [0.2, 0.25) is 0 Å². The number of hydrogen-bond acceptors (Lipinski definition) is 2. The van der Waals surface area contributed by atoms with Gasteiger partial charge in [-0.15, -0.1) is 0 Å². The molecule has 1 aliphatic rings. The van der Waals surface area contributed by atoms with Crippen LogP contribution >= 0.6 is 0 Å². The number of ether oxygens (including phenoxy) is 1. The van der Waals surface area contributed by atoms with Crippen molar-refractivity contribution in [2.24, 2.45) is 5.92 Å². The molecule has 1 aromatic carbocycles. The zero-order valence-corrected chi connectivity index (χ0v) is 12.1. The second-order valence-electron chi connectivity index (χ2n) is 5.85. The molecule has 0 aliphatic heterocycles. The van der Waals surface area contributed by atoms with Crippen LogP contribution < -0.4 is 4.74 Å². The summed E-state index contributed by atoms with van der Waals surface area (Å²) < 4.78 is 6.05. The average Bonchev–Trinajstić information content (AvgIpc) is 2.39. The zero-order chi connectivity index (χ0) is 13.8. The third-order valence-corrected chi connectivity index (χ3v) is 4.02. The van der Waals surface area contributed by atoms with E-state index in [9.17, 15) is 5.26 Å². The van der Waals surface area contributed by atoms with Gasteiger partial charge in [-0.1, -0.05) is 26.3 Å². The first-order chi connectivity index (χ1) is 9.11. The molecule has 2 atom stereocenters. The lowest BCUT2D eigenvalue weighted by Crippen LogP contribution is -2.29. The molecule has 0 bridgehead atoms. The summed E-state index contributed by atoms with van der Waals surface area (Å²) in [7, 11) is 0. The second kappa shape index (κ2) is 6.10. The van der Waals surface area contributed by atoms with Crippen LogP contribution in [0.2, 0.25) is 0 Å². The van der Waals surface area contributed by atoms with Gasteiger partial charge in [0.15, 0.2) is 0 Å². The van der Waals surface area contributed by atoms with E-state index in [1.54, 1.807) is 0 Å². The summed E-state index contributed by atoms with van der Waals surface area (Å²) in [6.07, 6.45) is 4.38. The lowest BCUT2D eigenvalue weighted by molar-refractivity contribution is 0.120. The van der Waals surface area contributed by atoms with Gasteiger partial charge >= 0.3 is 0 Å². The topological polar surface area (TPSA) is 33.0 Å². The number of hydrogen-bond donors (Lipinski definition) is 0. The van der Waals surface area contributed by atoms with Gasteiger partial charge in [-0.25, -0.2) is 0 Å². The van der Waals surface area contributed by atoms with Crippen molar-refractivity contribution in [3.05, 3.63) is 29.3 Å². The second-order valence-corrected chi connectivity index (χ2v) is 5.85. The summed E-state index contributed by atoms with van der Waals surface area (Å²) in [5.41, 5.74) is 2.64. The van der Waals surface area contributed by atoms with Crippen molar-refractivity contribution in [2.75, 3.05) is 0 Å². The van der Waals surface area contributed by atoms with Crippen molar-refractivity contribution in [1.29, 1.82) is 5.26 Å². The number of nitrogens with zero attached hydrogens (tertiary/aromatic N) is 1. The van der Waals surface area contributed by atoms with Crippen molar-refractivity contribution in [3.63, 3.8) is 0 Å². The summed E-state index contributed by atoms with van der Waals surface area (Å²) in [5, 5.41) is 9.18. The van der Waals surface area contributed by atoms with Gasteiger partial charge in [-0.2, -0.15) is 5.26 Å². The third-order valence-electron chi connectivity index (χ3n) is 4.02. The molecule has 1 saturated carbocycles. The van der Waals surface area contributed by atoms with E-state index in [-0.39, 0.29) is 12.0 Å². The Bertz CT molecular complexity index is 473. The smallest absolute Gasteiger partial charge is 0.120 e. The molecule has 0 spiro atoms. The Morgan fingerprint density at radius 2 is 2.00 bits per heavy atom. The maximum atomic E-state index is 9.18. The molecule has 102 valence electrons. The van der Waals surface area contributed by atoms with Crippen LogP contribution in [-0.2, 0) is 0 Å². The fraction of sp³-hybridized carbons (Fsp3) is 0.588. The van der Waals surface area contributed by atoms with Crippen LogP contribution in [0.5, 0.6) is 5.75 Å². The van der Waals surface area contributed by atoms with E-state index in [1.807, 2.05) is 6.07 Å². The molecule has 0 N–H and O–H groups in total. The van der Waals surface area contributed by atoms with Crippen LogP contribution in [0.25, 0.3) is 0 Å². The Hall–Kier alpha value is -1.49. The lowest BCUT2D eigenvalue weighted by Gasteiger charge is -2.27. The van der Waals surface area contributed by atoms with Gasteiger partial charge in [-0.3, -0.25) is 0 Å². The fourth-order valence-electron chi connectivity index (χ4n) is 2.93. The highest BCUT2D eigenvalue weighted by molar-refractivity contribution is 5.36. The van der Waals surface area contributed by atoms with Gasteiger partial charge in [0, 0.05) is 0 Å². The van der Waals surface area contributed by atoms with Gasteiger partial charge in [0.1, 0.15) is 11.9 Å². The minimum atomic E-state index is 0.0545. The fourth-order valence-corrected chi connectivity index (χ4v) is 2.93. The molecule has 1 fully saturated rings. The molecule has 2 rings (SSSR count). The molecule has 2 nitrogen and oxygen atoms in total. The van der Waals surface area contributed by atoms with Crippen LogP contribution in [-0.4, -0.2) is 6.10 Å².